The highest BCUT2D eigenvalue weighted by molar-refractivity contribution is 9.10. The maximum absolute atomic E-state index is 3.66. The number of nitrogens with one attached hydrogen (secondary N) is 1. The van der Waals surface area contributed by atoms with Gasteiger partial charge in [-0.3, -0.25) is 0 Å². The van der Waals surface area contributed by atoms with Gasteiger partial charge in [-0.2, -0.15) is 0 Å². The van der Waals surface area contributed by atoms with Gasteiger partial charge in [-0.1, -0.05) is 70.9 Å². The Morgan fingerprint density at radius 1 is 1.10 bits per heavy atom. The maximum Gasteiger partial charge on any atom is 0.0207 e. The average molecular weight is 332 g/mol. The summed E-state index contributed by atoms with van der Waals surface area (Å²) in [6, 6.07) is 17.4. The highest BCUT2D eigenvalue weighted by Crippen LogP contribution is 2.25. The summed E-state index contributed by atoms with van der Waals surface area (Å²) in [5.74, 6) is 0.508. The van der Waals surface area contributed by atoms with E-state index in [1.807, 2.05) is 0 Å². The molecule has 1 atom stereocenters. The fourth-order valence-electron chi connectivity index (χ4n) is 2.48. The first-order chi connectivity index (χ1) is 9.70. The van der Waals surface area contributed by atoms with Crippen LogP contribution in [0.3, 0.4) is 0 Å². The van der Waals surface area contributed by atoms with E-state index in [9.17, 15) is 0 Å². The van der Waals surface area contributed by atoms with Crippen LogP contribution in [0, 0.1) is 6.92 Å². The third-order valence-electron chi connectivity index (χ3n) is 3.58. The normalized spacial score (nSPS) is 12.3. The SMILES string of the molecule is CCNCC(Cc1ccccc1Br)c1cccc(C)c1. The Bertz CT molecular complexity index is 551. The number of hydrogen-bond acceptors (Lipinski definition) is 1. The molecule has 2 aromatic rings. The van der Waals surface area contributed by atoms with Gasteiger partial charge in [0.1, 0.15) is 0 Å². The minimum Gasteiger partial charge on any atom is -0.316 e. The molecule has 20 heavy (non-hydrogen) atoms. The van der Waals surface area contributed by atoms with E-state index in [0.29, 0.717) is 5.92 Å². The van der Waals surface area contributed by atoms with Gasteiger partial charge in [-0.15, -0.1) is 0 Å². The summed E-state index contributed by atoms with van der Waals surface area (Å²) < 4.78 is 1.20. The highest BCUT2D eigenvalue weighted by Gasteiger charge is 2.13. The van der Waals surface area contributed by atoms with Crippen molar-refractivity contribution in [1.82, 2.24) is 5.32 Å². The van der Waals surface area contributed by atoms with Gasteiger partial charge in [0.15, 0.2) is 0 Å². The van der Waals surface area contributed by atoms with Crippen molar-refractivity contribution in [3.05, 3.63) is 69.7 Å². The number of hydrogen-bond donors (Lipinski definition) is 1. The largest absolute Gasteiger partial charge is 0.316 e. The molecule has 0 amide bonds. The van der Waals surface area contributed by atoms with Crippen molar-refractivity contribution in [2.75, 3.05) is 13.1 Å². The fraction of sp³-hybridized carbons (Fsp3) is 0.333. The standard InChI is InChI=1S/C18H22BrN/c1-3-20-13-17(15-9-6-7-14(2)11-15)12-16-8-4-5-10-18(16)19/h4-11,17,20H,3,12-13H2,1-2H3. The van der Waals surface area contributed by atoms with Crippen LogP contribution in [0.4, 0.5) is 0 Å². The van der Waals surface area contributed by atoms with Crippen molar-refractivity contribution in [3.8, 4) is 0 Å². The van der Waals surface area contributed by atoms with Crippen molar-refractivity contribution in [1.29, 1.82) is 0 Å². The number of rotatable bonds is 6. The molecule has 2 rings (SSSR count). The van der Waals surface area contributed by atoms with E-state index in [1.54, 1.807) is 0 Å². The molecule has 0 radical (unpaired) electrons. The molecule has 106 valence electrons. The zero-order chi connectivity index (χ0) is 14.4. The second-order valence-electron chi connectivity index (χ2n) is 5.21. The number of halogens is 1. The molecule has 0 aliphatic rings. The zero-order valence-electron chi connectivity index (χ0n) is 12.2. The van der Waals surface area contributed by atoms with Crippen LogP contribution in [0.2, 0.25) is 0 Å². The number of likely N-dealkylation sites (N-methyl/N-ethyl adjacent to an activating group) is 1. The molecular formula is C18H22BrN. The summed E-state index contributed by atoms with van der Waals surface area (Å²) in [6.45, 7) is 6.34. The van der Waals surface area contributed by atoms with Crippen LogP contribution in [0.15, 0.2) is 53.0 Å². The Morgan fingerprint density at radius 2 is 1.90 bits per heavy atom. The first kappa shape index (κ1) is 15.3. The summed E-state index contributed by atoms with van der Waals surface area (Å²) in [6.07, 6.45) is 1.05. The van der Waals surface area contributed by atoms with Crippen LogP contribution in [0.25, 0.3) is 0 Å². The van der Waals surface area contributed by atoms with E-state index >= 15 is 0 Å². The lowest BCUT2D eigenvalue weighted by Gasteiger charge is -2.19. The van der Waals surface area contributed by atoms with Crippen LogP contribution >= 0.6 is 15.9 Å². The molecule has 0 saturated heterocycles. The van der Waals surface area contributed by atoms with Gasteiger partial charge >= 0.3 is 0 Å². The summed E-state index contributed by atoms with van der Waals surface area (Å²) in [5.41, 5.74) is 4.12. The van der Waals surface area contributed by atoms with Crippen LogP contribution < -0.4 is 5.32 Å². The van der Waals surface area contributed by atoms with Crippen LogP contribution in [0.5, 0.6) is 0 Å². The second-order valence-corrected chi connectivity index (χ2v) is 6.07. The molecular weight excluding hydrogens is 310 g/mol. The van der Waals surface area contributed by atoms with Crippen LogP contribution in [-0.4, -0.2) is 13.1 Å². The quantitative estimate of drug-likeness (QED) is 0.809. The molecule has 2 heteroatoms. The van der Waals surface area contributed by atoms with Crippen molar-refractivity contribution in [2.24, 2.45) is 0 Å². The lowest BCUT2D eigenvalue weighted by Crippen LogP contribution is -2.22. The van der Waals surface area contributed by atoms with Crippen molar-refractivity contribution in [3.63, 3.8) is 0 Å². The van der Waals surface area contributed by atoms with E-state index in [-0.39, 0.29) is 0 Å². The van der Waals surface area contributed by atoms with Gasteiger partial charge in [-0.05, 0) is 37.1 Å². The van der Waals surface area contributed by atoms with Crippen molar-refractivity contribution >= 4 is 15.9 Å². The average Bonchev–Trinajstić information content (AvgIpc) is 2.45. The third kappa shape index (κ3) is 4.19. The first-order valence-electron chi connectivity index (χ1n) is 7.21. The van der Waals surface area contributed by atoms with Gasteiger partial charge < -0.3 is 5.32 Å². The molecule has 0 heterocycles. The zero-order valence-corrected chi connectivity index (χ0v) is 13.8. The molecule has 0 fully saturated rings. The Balaban J connectivity index is 2.21. The Morgan fingerprint density at radius 3 is 2.60 bits per heavy atom. The minimum atomic E-state index is 0.508. The Kier molecular flexibility index (Phi) is 5.81. The predicted molar refractivity (Wildman–Crippen MR) is 90.3 cm³/mol. The second kappa shape index (κ2) is 7.61. The van der Waals surface area contributed by atoms with E-state index in [0.717, 1.165) is 19.5 Å². The van der Waals surface area contributed by atoms with Gasteiger partial charge in [0.25, 0.3) is 0 Å². The Hall–Kier alpha value is -1.12. The molecule has 0 aliphatic heterocycles. The molecule has 1 N–H and O–H groups in total. The molecule has 1 unspecified atom stereocenters. The molecule has 0 aromatic heterocycles. The van der Waals surface area contributed by atoms with Gasteiger partial charge in [0, 0.05) is 16.9 Å². The van der Waals surface area contributed by atoms with Gasteiger partial charge in [-0.25, -0.2) is 0 Å². The fourth-order valence-corrected chi connectivity index (χ4v) is 2.93. The minimum absolute atomic E-state index is 0.508. The molecule has 2 aromatic carbocycles. The molecule has 0 aliphatic carbocycles. The summed E-state index contributed by atoms with van der Waals surface area (Å²) in [5, 5.41) is 3.49. The maximum atomic E-state index is 3.66. The van der Waals surface area contributed by atoms with E-state index in [2.05, 4.69) is 83.6 Å². The summed E-state index contributed by atoms with van der Waals surface area (Å²) >= 11 is 3.66. The monoisotopic (exact) mass is 331 g/mol. The van der Waals surface area contributed by atoms with E-state index in [1.165, 1.54) is 21.2 Å². The number of benzene rings is 2. The molecule has 1 nitrogen and oxygen atoms in total. The van der Waals surface area contributed by atoms with Crippen LogP contribution in [-0.2, 0) is 6.42 Å². The smallest absolute Gasteiger partial charge is 0.0207 e. The lowest BCUT2D eigenvalue weighted by atomic mass is 9.91. The third-order valence-corrected chi connectivity index (χ3v) is 4.35. The van der Waals surface area contributed by atoms with Gasteiger partial charge in [0.2, 0.25) is 0 Å². The van der Waals surface area contributed by atoms with Crippen molar-refractivity contribution < 1.29 is 0 Å². The summed E-state index contributed by atoms with van der Waals surface area (Å²) in [7, 11) is 0. The predicted octanol–water partition coefficient (Wildman–Crippen LogP) is 4.69. The lowest BCUT2D eigenvalue weighted by molar-refractivity contribution is 0.594. The molecule has 0 bridgehead atoms. The molecule has 0 saturated carbocycles. The van der Waals surface area contributed by atoms with Crippen molar-refractivity contribution in [2.45, 2.75) is 26.2 Å². The van der Waals surface area contributed by atoms with Crippen LogP contribution in [0.1, 0.15) is 29.5 Å². The summed E-state index contributed by atoms with van der Waals surface area (Å²) in [4.78, 5) is 0. The molecule has 0 spiro atoms. The number of aryl methyl sites for hydroxylation is 1. The first-order valence-corrected chi connectivity index (χ1v) is 8.00. The van der Waals surface area contributed by atoms with E-state index < -0.39 is 0 Å². The Labute approximate surface area is 130 Å². The van der Waals surface area contributed by atoms with E-state index in [4.69, 9.17) is 0 Å². The van der Waals surface area contributed by atoms with Gasteiger partial charge in [0.05, 0.1) is 0 Å². The highest BCUT2D eigenvalue weighted by atomic mass is 79.9. The topological polar surface area (TPSA) is 12.0 Å².